The second-order valence-electron chi connectivity index (χ2n) is 7.18. The van der Waals surface area contributed by atoms with Crippen LogP contribution in [0.5, 0.6) is 0 Å². The molecule has 3 aromatic rings. The summed E-state index contributed by atoms with van der Waals surface area (Å²) in [4.78, 5) is 12.7. The first-order valence-electron chi connectivity index (χ1n) is 9.50. The predicted molar refractivity (Wildman–Crippen MR) is 102 cm³/mol. The standard InChI is InChI=1S/C19H21F3N6O2/c1-4-27-11(3)17(10(2)25-27)24-18(29)13-9-16-23-12(14-6-5-7-30-14)8-15(19(20,21)22)28(16)26-13/h5-7,9,12,15,23H,4,8H2,1-3H3,(H,24,29)/t12-,15+/m1/s1. The molecule has 0 aromatic carbocycles. The molecule has 1 amide bonds. The van der Waals surface area contributed by atoms with Gasteiger partial charge >= 0.3 is 6.18 Å². The highest BCUT2D eigenvalue weighted by molar-refractivity contribution is 6.04. The normalized spacial score (nSPS) is 18.7. The first kappa shape index (κ1) is 20.0. The zero-order chi connectivity index (χ0) is 21.6. The SMILES string of the molecule is CCn1nc(C)c(NC(=O)c2cc3n(n2)[C@H](C(F)(F)F)C[C@H](c2ccco2)N3)c1C. The highest BCUT2D eigenvalue weighted by Gasteiger charge is 2.47. The molecule has 30 heavy (non-hydrogen) atoms. The lowest BCUT2D eigenvalue weighted by Gasteiger charge is -2.32. The molecule has 4 heterocycles. The number of rotatable bonds is 4. The molecule has 8 nitrogen and oxygen atoms in total. The molecule has 1 aliphatic rings. The highest BCUT2D eigenvalue weighted by Crippen LogP contribution is 2.43. The average molecular weight is 422 g/mol. The van der Waals surface area contributed by atoms with Gasteiger partial charge in [-0.05, 0) is 32.9 Å². The van der Waals surface area contributed by atoms with Gasteiger partial charge < -0.3 is 15.1 Å². The Labute approximate surface area is 170 Å². The van der Waals surface area contributed by atoms with Gasteiger partial charge in [-0.3, -0.25) is 9.48 Å². The maximum atomic E-state index is 13.7. The molecule has 0 aliphatic carbocycles. The number of nitrogens with one attached hydrogen (secondary N) is 2. The minimum Gasteiger partial charge on any atom is -0.467 e. The van der Waals surface area contributed by atoms with Gasteiger partial charge in [-0.15, -0.1) is 0 Å². The van der Waals surface area contributed by atoms with E-state index in [2.05, 4.69) is 20.8 Å². The molecule has 1 aliphatic heterocycles. The van der Waals surface area contributed by atoms with Crippen molar-refractivity contribution in [2.24, 2.45) is 0 Å². The van der Waals surface area contributed by atoms with Crippen LogP contribution < -0.4 is 10.6 Å². The van der Waals surface area contributed by atoms with Gasteiger partial charge in [0.2, 0.25) is 0 Å². The van der Waals surface area contributed by atoms with Gasteiger partial charge in [-0.25, -0.2) is 4.68 Å². The van der Waals surface area contributed by atoms with Gasteiger partial charge in [0.05, 0.1) is 29.4 Å². The van der Waals surface area contributed by atoms with E-state index < -0.39 is 24.2 Å². The van der Waals surface area contributed by atoms with Crippen LogP contribution in [0, 0.1) is 13.8 Å². The monoisotopic (exact) mass is 422 g/mol. The molecule has 0 radical (unpaired) electrons. The number of alkyl halides is 3. The minimum absolute atomic E-state index is 0.104. The number of carbonyl (C=O) groups excluding carboxylic acids is 1. The summed E-state index contributed by atoms with van der Waals surface area (Å²) in [5.41, 5.74) is 1.80. The van der Waals surface area contributed by atoms with E-state index in [-0.39, 0.29) is 17.9 Å². The lowest BCUT2D eigenvalue weighted by atomic mass is 10.0. The summed E-state index contributed by atoms with van der Waals surface area (Å²) >= 11 is 0. The molecule has 0 unspecified atom stereocenters. The van der Waals surface area contributed by atoms with Crippen molar-refractivity contribution in [1.29, 1.82) is 0 Å². The van der Waals surface area contributed by atoms with Crippen molar-refractivity contribution in [2.45, 2.75) is 52.0 Å². The lowest BCUT2D eigenvalue weighted by molar-refractivity contribution is -0.174. The van der Waals surface area contributed by atoms with Crippen LogP contribution in [-0.4, -0.2) is 31.6 Å². The number of carbonyl (C=O) groups is 1. The summed E-state index contributed by atoms with van der Waals surface area (Å²) in [6.45, 7) is 6.12. The van der Waals surface area contributed by atoms with Crippen LogP contribution >= 0.6 is 0 Å². The quantitative estimate of drug-likeness (QED) is 0.657. The third-order valence-corrected chi connectivity index (χ3v) is 5.23. The molecule has 0 saturated heterocycles. The number of hydrogen-bond acceptors (Lipinski definition) is 5. The molecule has 3 aromatic heterocycles. The van der Waals surface area contributed by atoms with E-state index in [1.165, 1.54) is 12.3 Å². The third kappa shape index (κ3) is 3.44. The van der Waals surface area contributed by atoms with Gasteiger partial charge in [0.1, 0.15) is 11.6 Å². The van der Waals surface area contributed by atoms with Crippen molar-refractivity contribution in [3.8, 4) is 0 Å². The summed E-state index contributed by atoms with van der Waals surface area (Å²) in [6.07, 6.45) is -3.42. The number of nitrogens with zero attached hydrogens (tertiary/aromatic N) is 4. The summed E-state index contributed by atoms with van der Waals surface area (Å²) < 4.78 is 49.0. The smallest absolute Gasteiger partial charge is 0.410 e. The number of halogens is 3. The van der Waals surface area contributed by atoms with Crippen LogP contribution in [0.15, 0.2) is 28.9 Å². The summed E-state index contributed by atoms with van der Waals surface area (Å²) in [5, 5.41) is 14.0. The Kier molecular flexibility index (Phi) is 4.83. The molecule has 0 spiro atoms. The van der Waals surface area contributed by atoms with Gasteiger partial charge in [0.15, 0.2) is 11.7 Å². The Hall–Kier alpha value is -3.24. The molecule has 4 rings (SSSR count). The number of fused-ring (bicyclic) bond motifs is 1. The average Bonchev–Trinajstić information content (AvgIpc) is 3.41. The van der Waals surface area contributed by atoms with E-state index in [9.17, 15) is 18.0 Å². The Bertz CT molecular complexity index is 1070. The minimum atomic E-state index is -4.53. The fourth-order valence-electron chi connectivity index (χ4n) is 3.72. The fourth-order valence-corrected chi connectivity index (χ4v) is 3.72. The summed E-state index contributed by atoms with van der Waals surface area (Å²) in [7, 11) is 0. The van der Waals surface area contributed by atoms with E-state index in [1.807, 2.05) is 13.8 Å². The van der Waals surface area contributed by atoms with Crippen molar-refractivity contribution >= 4 is 17.4 Å². The zero-order valence-corrected chi connectivity index (χ0v) is 16.6. The van der Waals surface area contributed by atoms with Crippen LogP contribution in [-0.2, 0) is 6.54 Å². The van der Waals surface area contributed by atoms with Crippen LogP contribution in [0.3, 0.4) is 0 Å². The third-order valence-electron chi connectivity index (χ3n) is 5.23. The number of aromatic nitrogens is 4. The van der Waals surface area contributed by atoms with Crippen molar-refractivity contribution in [2.75, 3.05) is 10.6 Å². The van der Waals surface area contributed by atoms with Crippen molar-refractivity contribution in [3.05, 3.63) is 47.3 Å². The number of aryl methyl sites for hydroxylation is 2. The van der Waals surface area contributed by atoms with E-state index in [0.29, 0.717) is 23.7 Å². The number of anilines is 2. The first-order valence-corrected chi connectivity index (χ1v) is 9.50. The van der Waals surface area contributed by atoms with Gasteiger partial charge in [0, 0.05) is 19.0 Å². The van der Waals surface area contributed by atoms with Crippen LogP contribution in [0.4, 0.5) is 24.7 Å². The number of amides is 1. The summed E-state index contributed by atoms with van der Waals surface area (Å²) in [5.74, 6) is -0.107. The molecule has 11 heteroatoms. The van der Waals surface area contributed by atoms with E-state index in [1.54, 1.807) is 23.7 Å². The molecule has 0 saturated carbocycles. The predicted octanol–water partition coefficient (Wildman–Crippen LogP) is 4.22. The van der Waals surface area contributed by atoms with Gasteiger partial charge in [-0.2, -0.15) is 23.4 Å². The maximum absolute atomic E-state index is 13.7. The Morgan fingerprint density at radius 2 is 2.13 bits per heavy atom. The second-order valence-corrected chi connectivity index (χ2v) is 7.18. The topological polar surface area (TPSA) is 89.9 Å². The van der Waals surface area contributed by atoms with E-state index in [4.69, 9.17) is 4.42 Å². The molecule has 2 atom stereocenters. The van der Waals surface area contributed by atoms with Crippen LogP contribution in [0.2, 0.25) is 0 Å². The Balaban J connectivity index is 1.65. The van der Waals surface area contributed by atoms with E-state index in [0.717, 1.165) is 10.4 Å². The second kappa shape index (κ2) is 7.22. The largest absolute Gasteiger partial charge is 0.467 e. The molecule has 160 valence electrons. The lowest BCUT2D eigenvalue weighted by Crippen LogP contribution is -2.35. The molecule has 0 bridgehead atoms. The van der Waals surface area contributed by atoms with Crippen molar-refractivity contribution in [1.82, 2.24) is 19.6 Å². The Morgan fingerprint density at radius 3 is 2.73 bits per heavy atom. The van der Waals surface area contributed by atoms with Crippen molar-refractivity contribution in [3.63, 3.8) is 0 Å². The van der Waals surface area contributed by atoms with Gasteiger partial charge in [-0.1, -0.05) is 0 Å². The molecule has 2 N–H and O–H groups in total. The maximum Gasteiger partial charge on any atom is 0.410 e. The van der Waals surface area contributed by atoms with Crippen molar-refractivity contribution < 1.29 is 22.4 Å². The summed E-state index contributed by atoms with van der Waals surface area (Å²) in [6, 6.07) is 1.99. The van der Waals surface area contributed by atoms with Crippen LogP contribution in [0.1, 0.15) is 53.1 Å². The zero-order valence-electron chi connectivity index (χ0n) is 16.6. The number of furan rings is 1. The first-order chi connectivity index (χ1) is 14.2. The van der Waals surface area contributed by atoms with E-state index >= 15 is 0 Å². The highest BCUT2D eigenvalue weighted by atomic mass is 19.4. The van der Waals surface area contributed by atoms with Crippen LogP contribution in [0.25, 0.3) is 0 Å². The molecular weight excluding hydrogens is 401 g/mol. The molecule has 0 fully saturated rings. The fraction of sp³-hybridized carbons (Fsp3) is 0.421. The number of hydrogen-bond donors (Lipinski definition) is 2. The van der Waals surface area contributed by atoms with Gasteiger partial charge in [0.25, 0.3) is 5.91 Å². The Morgan fingerprint density at radius 1 is 1.37 bits per heavy atom. The molecular formula is C19H21F3N6O2.